The van der Waals surface area contributed by atoms with Gasteiger partial charge in [0.05, 0.1) is 0 Å². The van der Waals surface area contributed by atoms with E-state index in [-0.39, 0.29) is 5.92 Å². The molecule has 0 rings (SSSR count). The number of hydrogen-bond donors (Lipinski definition) is 1. The topological polar surface area (TPSA) is 46.5 Å². The first kappa shape index (κ1) is 13.4. The molecule has 0 fully saturated rings. The van der Waals surface area contributed by atoms with Crippen LogP contribution < -0.4 is 0 Å². The van der Waals surface area contributed by atoms with Crippen LogP contribution in [0.25, 0.3) is 0 Å². The average Bonchev–Trinajstić information content (AvgIpc) is 2.17. The van der Waals surface area contributed by atoms with Crippen molar-refractivity contribution in [2.75, 3.05) is 6.61 Å². The summed E-state index contributed by atoms with van der Waals surface area (Å²) in [5, 5.41) is 9.26. The van der Waals surface area contributed by atoms with Gasteiger partial charge in [-0.05, 0) is 32.1 Å². The highest BCUT2D eigenvalue weighted by atomic mass is 16.5. The first-order valence-electron chi connectivity index (χ1n) is 5.46. The van der Waals surface area contributed by atoms with Gasteiger partial charge < -0.3 is 9.84 Å². The van der Waals surface area contributed by atoms with Gasteiger partial charge in [0.25, 0.3) is 0 Å². The van der Waals surface area contributed by atoms with E-state index in [2.05, 4.69) is 0 Å². The van der Waals surface area contributed by atoms with E-state index in [1.165, 1.54) is 0 Å². The number of hydrogen-bond acceptors (Lipinski definition) is 2. The number of ether oxygens (including phenoxy) is 1. The molecule has 0 aromatic rings. The summed E-state index contributed by atoms with van der Waals surface area (Å²) in [5.74, 6) is -0.722. The maximum atomic E-state index is 11.3. The Labute approximate surface area is 86.5 Å². The Hall–Kier alpha value is -0.570. The molecule has 1 unspecified atom stereocenters. The van der Waals surface area contributed by atoms with E-state index in [9.17, 15) is 9.90 Å². The van der Waals surface area contributed by atoms with E-state index in [1.54, 1.807) is 0 Å². The lowest BCUT2D eigenvalue weighted by molar-refractivity contribution is -0.175. The smallest absolute Gasteiger partial charge is 0.336 e. The molecule has 3 nitrogen and oxygen atoms in total. The summed E-state index contributed by atoms with van der Waals surface area (Å²) in [6.07, 6.45) is 2.22. The van der Waals surface area contributed by atoms with E-state index in [1.807, 2.05) is 27.7 Å². The molecule has 0 radical (unpaired) electrons. The van der Waals surface area contributed by atoms with Crippen molar-refractivity contribution < 1.29 is 14.6 Å². The lowest BCUT2D eigenvalue weighted by atomic mass is 9.81. The van der Waals surface area contributed by atoms with Gasteiger partial charge in [-0.25, -0.2) is 4.79 Å². The second-order valence-corrected chi connectivity index (χ2v) is 3.49. The fourth-order valence-corrected chi connectivity index (χ4v) is 2.10. The van der Waals surface area contributed by atoms with Gasteiger partial charge in [-0.2, -0.15) is 0 Å². The van der Waals surface area contributed by atoms with Crippen molar-refractivity contribution in [2.24, 2.45) is 5.92 Å². The summed E-state index contributed by atoms with van der Waals surface area (Å²) in [7, 11) is 0. The number of carboxylic acids is 1. The number of aliphatic carboxylic acids is 1. The maximum absolute atomic E-state index is 11.3. The summed E-state index contributed by atoms with van der Waals surface area (Å²) in [4.78, 5) is 11.3. The quantitative estimate of drug-likeness (QED) is 0.690. The third-order valence-corrected chi connectivity index (χ3v) is 2.93. The molecule has 0 saturated heterocycles. The Morgan fingerprint density at radius 1 is 1.29 bits per heavy atom. The fraction of sp³-hybridized carbons (Fsp3) is 0.909. The molecule has 1 N–H and O–H groups in total. The van der Waals surface area contributed by atoms with Crippen molar-refractivity contribution in [2.45, 2.75) is 52.6 Å². The van der Waals surface area contributed by atoms with E-state index >= 15 is 0 Å². The van der Waals surface area contributed by atoms with Crippen molar-refractivity contribution in [1.82, 2.24) is 0 Å². The Kier molecular flexibility index (Phi) is 5.77. The van der Waals surface area contributed by atoms with Gasteiger partial charge in [0.15, 0.2) is 5.60 Å². The normalized spacial score (nSPS) is 15.5. The second kappa shape index (κ2) is 6.02. The number of carbonyl (C=O) groups is 1. The van der Waals surface area contributed by atoms with E-state index < -0.39 is 11.6 Å². The zero-order chi connectivity index (χ0) is 11.2. The van der Waals surface area contributed by atoms with Gasteiger partial charge in [-0.1, -0.05) is 20.8 Å². The predicted octanol–water partition coefficient (Wildman–Crippen LogP) is 2.69. The Bertz CT molecular complexity index is 175. The van der Waals surface area contributed by atoms with Crippen LogP contribution in [0.2, 0.25) is 0 Å². The molecule has 0 aromatic carbocycles. The summed E-state index contributed by atoms with van der Waals surface area (Å²) in [6.45, 7) is 8.20. The Morgan fingerprint density at radius 2 is 1.79 bits per heavy atom. The van der Waals surface area contributed by atoms with Gasteiger partial charge in [0, 0.05) is 6.61 Å². The van der Waals surface area contributed by atoms with Crippen LogP contribution in [0.15, 0.2) is 0 Å². The zero-order valence-electron chi connectivity index (χ0n) is 9.67. The molecular weight excluding hydrogens is 180 g/mol. The van der Waals surface area contributed by atoms with Crippen molar-refractivity contribution in [3.05, 3.63) is 0 Å². The van der Waals surface area contributed by atoms with Crippen molar-refractivity contribution in [3.8, 4) is 0 Å². The van der Waals surface area contributed by atoms with Crippen molar-refractivity contribution in [3.63, 3.8) is 0 Å². The summed E-state index contributed by atoms with van der Waals surface area (Å²) in [6, 6.07) is 0. The minimum absolute atomic E-state index is 0.102. The molecule has 14 heavy (non-hydrogen) atoms. The molecule has 3 heteroatoms. The molecule has 0 aromatic heterocycles. The van der Waals surface area contributed by atoms with Crippen LogP contribution in [-0.2, 0) is 9.53 Å². The lowest BCUT2D eigenvalue weighted by Gasteiger charge is -2.35. The van der Waals surface area contributed by atoms with Crippen molar-refractivity contribution >= 4 is 5.97 Å². The summed E-state index contributed by atoms with van der Waals surface area (Å²) < 4.78 is 5.48. The largest absolute Gasteiger partial charge is 0.479 e. The summed E-state index contributed by atoms with van der Waals surface area (Å²) >= 11 is 0. The van der Waals surface area contributed by atoms with Crippen LogP contribution in [0.3, 0.4) is 0 Å². The number of carboxylic acid groups (broad SMARTS) is 1. The molecular formula is C11H22O3. The molecule has 0 saturated carbocycles. The van der Waals surface area contributed by atoms with Crippen molar-refractivity contribution in [1.29, 1.82) is 0 Å². The lowest BCUT2D eigenvalue weighted by Crippen LogP contribution is -2.47. The molecule has 0 amide bonds. The molecule has 0 aliphatic heterocycles. The highest BCUT2D eigenvalue weighted by Crippen LogP contribution is 2.31. The van der Waals surface area contributed by atoms with E-state index in [0.717, 1.165) is 12.8 Å². The SMILES string of the molecule is CCOC(CC)(C(=O)O)C(CC)CC. The zero-order valence-corrected chi connectivity index (χ0v) is 9.67. The highest BCUT2D eigenvalue weighted by molar-refractivity contribution is 5.77. The maximum Gasteiger partial charge on any atom is 0.336 e. The van der Waals surface area contributed by atoms with E-state index in [0.29, 0.717) is 13.0 Å². The number of rotatable bonds is 7. The first-order valence-corrected chi connectivity index (χ1v) is 5.46. The first-order chi connectivity index (χ1) is 6.58. The molecule has 0 bridgehead atoms. The molecule has 0 aliphatic rings. The molecule has 0 heterocycles. The van der Waals surface area contributed by atoms with Gasteiger partial charge in [0.2, 0.25) is 0 Å². The third-order valence-electron chi connectivity index (χ3n) is 2.93. The average molecular weight is 202 g/mol. The predicted molar refractivity (Wildman–Crippen MR) is 56.4 cm³/mol. The van der Waals surface area contributed by atoms with Crippen LogP contribution >= 0.6 is 0 Å². The highest BCUT2D eigenvalue weighted by Gasteiger charge is 2.43. The minimum Gasteiger partial charge on any atom is -0.479 e. The van der Waals surface area contributed by atoms with Gasteiger partial charge in [-0.3, -0.25) is 0 Å². The Balaban J connectivity index is 4.89. The molecule has 0 aliphatic carbocycles. The summed E-state index contributed by atoms with van der Waals surface area (Å²) in [5.41, 5.74) is -0.974. The monoisotopic (exact) mass is 202 g/mol. The molecule has 84 valence electrons. The third kappa shape index (κ3) is 2.47. The Morgan fingerprint density at radius 3 is 2.00 bits per heavy atom. The van der Waals surface area contributed by atoms with Crippen LogP contribution in [0.4, 0.5) is 0 Å². The second-order valence-electron chi connectivity index (χ2n) is 3.49. The molecule has 0 spiro atoms. The van der Waals surface area contributed by atoms with Crippen LogP contribution in [-0.4, -0.2) is 23.3 Å². The van der Waals surface area contributed by atoms with Crippen LogP contribution in [0.5, 0.6) is 0 Å². The van der Waals surface area contributed by atoms with Gasteiger partial charge >= 0.3 is 5.97 Å². The van der Waals surface area contributed by atoms with Crippen LogP contribution in [0, 0.1) is 5.92 Å². The minimum atomic E-state index is -0.974. The van der Waals surface area contributed by atoms with Gasteiger partial charge in [-0.15, -0.1) is 0 Å². The standard InChI is InChI=1S/C11H22O3/c1-5-9(6-2)11(7-3,10(12)13)14-8-4/h9H,5-8H2,1-4H3,(H,12,13). The fourth-order valence-electron chi connectivity index (χ4n) is 2.10. The van der Waals surface area contributed by atoms with Gasteiger partial charge in [0.1, 0.15) is 0 Å². The van der Waals surface area contributed by atoms with Crippen LogP contribution in [0.1, 0.15) is 47.0 Å². The molecule has 1 atom stereocenters. The van der Waals surface area contributed by atoms with E-state index in [4.69, 9.17) is 4.74 Å².